The molecule has 1 aromatic heterocycles. The normalized spacial score (nSPS) is 15.1. The van der Waals surface area contributed by atoms with Gasteiger partial charge in [-0.05, 0) is 36.8 Å². The fraction of sp³-hybridized carbons (Fsp3) is 0.538. The van der Waals surface area contributed by atoms with Gasteiger partial charge in [-0.2, -0.15) is 0 Å². The van der Waals surface area contributed by atoms with Crippen LogP contribution in [-0.2, 0) is 0 Å². The second kappa shape index (κ2) is 5.05. The maximum atomic E-state index is 11.9. The second-order valence-electron chi connectivity index (χ2n) is 4.91. The highest BCUT2D eigenvalue weighted by Gasteiger charge is 2.22. The van der Waals surface area contributed by atoms with E-state index in [1.165, 1.54) is 12.8 Å². The van der Waals surface area contributed by atoms with Crippen molar-refractivity contribution in [1.29, 1.82) is 0 Å². The number of nitrogens with zero attached hydrogens (tertiary/aromatic N) is 1. The third-order valence-electron chi connectivity index (χ3n) is 2.92. The number of aromatic nitrogens is 1. The predicted octanol–water partition coefficient (Wildman–Crippen LogP) is 3.00. The molecule has 0 unspecified atom stereocenters. The Labute approximate surface area is 107 Å². The van der Waals surface area contributed by atoms with E-state index in [2.05, 4.69) is 10.3 Å². The number of amides is 1. The van der Waals surface area contributed by atoms with Crippen molar-refractivity contribution in [1.82, 2.24) is 10.3 Å². The number of hydrogen-bond donors (Lipinski definition) is 1. The molecular formula is C13H17ClN2O. The van der Waals surface area contributed by atoms with Gasteiger partial charge in [0.1, 0.15) is 5.15 Å². The highest BCUT2D eigenvalue weighted by Crippen LogP contribution is 2.27. The lowest BCUT2D eigenvalue weighted by molar-refractivity contribution is 0.0951. The van der Waals surface area contributed by atoms with E-state index in [9.17, 15) is 4.79 Å². The van der Waals surface area contributed by atoms with Crippen molar-refractivity contribution < 1.29 is 4.79 Å². The fourth-order valence-corrected chi connectivity index (χ4v) is 1.82. The van der Waals surface area contributed by atoms with E-state index in [1.54, 1.807) is 6.07 Å². The molecule has 0 spiro atoms. The maximum Gasteiger partial charge on any atom is 0.251 e. The average molecular weight is 253 g/mol. The number of nitrogens with one attached hydrogen (secondary N) is 1. The van der Waals surface area contributed by atoms with E-state index in [0.717, 1.165) is 12.2 Å². The zero-order valence-electron chi connectivity index (χ0n) is 10.2. The Balaban J connectivity index is 2.09. The third-order valence-corrected chi connectivity index (χ3v) is 3.11. The molecule has 4 heteroatoms. The van der Waals surface area contributed by atoms with Crippen molar-refractivity contribution in [2.24, 2.45) is 5.92 Å². The van der Waals surface area contributed by atoms with Gasteiger partial charge in [0.05, 0.1) is 0 Å². The van der Waals surface area contributed by atoms with Crippen molar-refractivity contribution >= 4 is 17.5 Å². The Hall–Kier alpha value is -1.09. The van der Waals surface area contributed by atoms with Gasteiger partial charge < -0.3 is 5.32 Å². The zero-order chi connectivity index (χ0) is 12.4. The summed E-state index contributed by atoms with van der Waals surface area (Å²) in [5.74, 6) is 0.896. The monoisotopic (exact) mass is 252 g/mol. The highest BCUT2D eigenvalue weighted by molar-refractivity contribution is 6.29. The Morgan fingerprint density at radius 1 is 1.53 bits per heavy atom. The molecular weight excluding hydrogens is 236 g/mol. The Bertz CT molecular complexity index is 427. The molecule has 0 aliphatic heterocycles. The Morgan fingerprint density at radius 3 is 2.82 bits per heavy atom. The van der Waals surface area contributed by atoms with Crippen LogP contribution >= 0.6 is 11.6 Å². The van der Waals surface area contributed by atoms with Gasteiger partial charge in [-0.3, -0.25) is 4.79 Å². The number of carbonyl (C=O) groups is 1. The molecule has 2 rings (SSSR count). The van der Waals surface area contributed by atoms with Gasteiger partial charge in [-0.15, -0.1) is 0 Å². The summed E-state index contributed by atoms with van der Waals surface area (Å²) in [6.45, 7) is 4.84. The van der Waals surface area contributed by atoms with Gasteiger partial charge in [0.2, 0.25) is 0 Å². The molecule has 17 heavy (non-hydrogen) atoms. The molecule has 0 radical (unpaired) electrons. The number of rotatable bonds is 4. The lowest BCUT2D eigenvalue weighted by Gasteiger charge is -2.09. The summed E-state index contributed by atoms with van der Waals surface area (Å²) in [6.07, 6.45) is 2.46. The van der Waals surface area contributed by atoms with E-state index in [-0.39, 0.29) is 11.8 Å². The maximum absolute atomic E-state index is 11.9. The summed E-state index contributed by atoms with van der Waals surface area (Å²) >= 11 is 5.92. The van der Waals surface area contributed by atoms with Gasteiger partial charge in [0.25, 0.3) is 5.91 Å². The largest absolute Gasteiger partial charge is 0.352 e. The first-order valence-corrected chi connectivity index (χ1v) is 6.39. The molecule has 1 fully saturated rings. The van der Waals surface area contributed by atoms with Crippen LogP contribution < -0.4 is 5.32 Å². The number of halogens is 1. The quantitative estimate of drug-likeness (QED) is 0.837. The van der Waals surface area contributed by atoms with Crippen molar-refractivity contribution in [2.75, 3.05) is 6.54 Å². The van der Waals surface area contributed by atoms with Crippen LogP contribution in [0.2, 0.25) is 5.15 Å². The van der Waals surface area contributed by atoms with Crippen LogP contribution in [0.3, 0.4) is 0 Å². The smallest absolute Gasteiger partial charge is 0.251 e. The van der Waals surface area contributed by atoms with Gasteiger partial charge in [0, 0.05) is 17.8 Å². The Morgan fingerprint density at radius 2 is 2.24 bits per heavy atom. The minimum atomic E-state index is -0.0527. The van der Waals surface area contributed by atoms with Crippen LogP contribution in [0.1, 0.15) is 48.7 Å². The topological polar surface area (TPSA) is 42.0 Å². The first-order valence-electron chi connectivity index (χ1n) is 6.02. The molecule has 92 valence electrons. The van der Waals surface area contributed by atoms with Crippen molar-refractivity contribution in [2.45, 2.75) is 32.6 Å². The number of pyridine rings is 1. The van der Waals surface area contributed by atoms with E-state index < -0.39 is 0 Å². The average Bonchev–Trinajstić information content (AvgIpc) is 3.08. The van der Waals surface area contributed by atoms with Gasteiger partial charge in [0.15, 0.2) is 0 Å². The predicted molar refractivity (Wildman–Crippen MR) is 68.4 cm³/mol. The van der Waals surface area contributed by atoms with Gasteiger partial charge >= 0.3 is 0 Å². The molecule has 0 bridgehead atoms. The van der Waals surface area contributed by atoms with Crippen LogP contribution in [0.25, 0.3) is 0 Å². The second-order valence-corrected chi connectivity index (χ2v) is 5.30. The number of carbonyl (C=O) groups excluding carboxylic acids is 1. The van der Waals surface area contributed by atoms with Crippen LogP contribution in [-0.4, -0.2) is 17.4 Å². The summed E-state index contributed by atoms with van der Waals surface area (Å²) in [4.78, 5) is 16.1. The summed E-state index contributed by atoms with van der Waals surface area (Å²) in [6, 6.07) is 3.44. The molecule has 1 aliphatic rings. The van der Waals surface area contributed by atoms with E-state index in [1.807, 2.05) is 19.9 Å². The molecule has 0 saturated heterocycles. The lowest BCUT2D eigenvalue weighted by Crippen LogP contribution is -2.25. The zero-order valence-corrected chi connectivity index (χ0v) is 10.9. The van der Waals surface area contributed by atoms with Crippen LogP contribution in [0.15, 0.2) is 12.1 Å². The highest BCUT2D eigenvalue weighted by atomic mass is 35.5. The minimum absolute atomic E-state index is 0.0527. The van der Waals surface area contributed by atoms with Crippen molar-refractivity contribution in [3.8, 4) is 0 Å². The molecule has 1 amide bonds. The molecule has 0 atom stereocenters. The third kappa shape index (κ3) is 3.43. The van der Waals surface area contributed by atoms with E-state index >= 15 is 0 Å². The first-order chi connectivity index (χ1) is 8.06. The lowest BCUT2D eigenvalue weighted by atomic mass is 10.1. The van der Waals surface area contributed by atoms with Crippen molar-refractivity contribution in [3.63, 3.8) is 0 Å². The van der Waals surface area contributed by atoms with Crippen LogP contribution in [0.4, 0.5) is 0 Å². The van der Waals surface area contributed by atoms with Gasteiger partial charge in [-0.1, -0.05) is 25.4 Å². The summed E-state index contributed by atoms with van der Waals surface area (Å²) in [7, 11) is 0. The fourth-order valence-electron chi connectivity index (χ4n) is 1.61. The van der Waals surface area contributed by atoms with Crippen molar-refractivity contribution in [3.05, 3.63) is 28.5 Å². The minimum Gasteiger partial charge on any atom is -0.352 e. The van der Waals surface area contributed by atoms with E-state index in [4.69, 9.17) is 11.6 Å². The SMILES string of the molecule is CC(C)c1cc(C(=O)NCC2CC2)cc(Cl)n1. The van der Waals surface area contributed by atoms with Crippen LogP contribution in [0.5, 0.6) is 0 Å². The Kier molecular flexibility index (Phi) is 3.67. The first kappa shape index (κ1) is 12.4. The standard InChI is InChI=1S/C13H17ClN2O/c1-8(2)11-5-10(6-12(14)16-11)13(17)15-7-9-3-4-9/h5-6,8-9H,3-4,7H2,1-2H3,(H,15,17). The number of hydrogen-bond acceptors (Lipinski definition) is 2. The molecule has 1 aromatic rings. The summed E-state index contributed by atoms with van der Waals surface area (Å²) in [5, 5.41) is 3.31. The summed E-state index contributed by atoms with van der Waals surface area (Å²) in [5.41, 5.74) is 1.46. The molecule has 1 aliphatic carbocycles. The van der Waals surface area contributed by atoms with Crippen LogP contribution in [0, 0.1) is 5.92 Å². The van der Waals surface area contributed by atoms with Gasteiger partial charge in [-0.25, -0.2) is 4.98 Å². The molecule has 1 saturated carbocycles. The molecule has 1 heterocycles. The molecule has 0 aromatic carbocycles. The molecule has 1 N–H and O–H groups in total. The molecule has 3 nitrogen and oxygen atoms in total. The van der Waals surface area contributed by atoms with E-state index in [0.29, 0.717) is 16.6 Å². The summed E-state index contributed by atoms with van der Waals surface area (Å²) < 4.78 is 0.